The zero-order chi connectivity index (χ0) is 14.4. The molecule has 0 aromatic carbocycles. The first kappa shape index (κ1) is 19.2. The Morgan fingerprint density at radius 1 is 0.789 bits per heavy atom. The number of ether oxygens (including phenoxy) is 1. The van der Waals surface area contributed by atoms with Gasteiger partial charge in [-0.3, -0.25) is 0 Å². The largest absolute Gasteiger partial charge is 0.353 e. The first-order chi connectivity index (χ1) is 9.12. The molecule has 0 aliphatic rings. The molecule has 0 heterocycles. The third kappa shape index (κ3) is 14.4. The van der Waals surface area contributed by atoms with Crippen molar-refractivity contribution in [3.8, 4) is 0 Å². The summed E-state index contributed by atoms with van der Waals surface area (Å²) in [6.07, 6.45) is 14.9. The van der Waals surface area contributed by atoms with E-state index in [0.29, 0.717) is 13.0 Å². The topological polar surface area (TPSA) is 29.5 Å². The second-order valence-corrected chi connectivity index (χ2v) is 6.02. The number of hydrogen-bond acceptors (Lipinski definition) is 2. The Morgan fingerprint density at radius 3 is 1.63 bits per heavy atom. The van der Waals surface area contributed by atoms with E-state index < -0.39 is 5.25 Å². The van der Waals surface area contributed by atoms with E-state index in [4.69, 9.17) is 16.3 Å². The molecule has 2 nitrogen and oxygen atoms in total. The zero-order valence-corrected chi connectivity index (χ0v) is 13.7. The summed E-state index contributed by atoms with van der Waals surface area (Å²) in [6.45, 7) is 4.63. The van der Waals surface area contributed by atoms with Crippen molar-refractivity contribution in [2.24, 2.45) is 0 Å². The van der Waals surface area contributed by atoms with Gasteiger partial charge in [-0.1, -0.05) is 89.7 Å². The predicted octanol–water partition coefficient (Wildman–Crippen LogP) is 5.61. The van der Waals surface area contributed by atoms with Crippen LogP contribution in [0.3, 0.4) is 0 Å². The van der Waals surface area contributed by atoms with Crippen LogP contribution in [0, 0.1) is 0 Å². The first-order valence-electron chi connectivity index (χ1n) is 8.17. The molecule has 0 spiro atoms. The highest BCUT2D eigenvalue weighted by Gasteiger charge is 2.20. The van der Waals surface area contributed by atoms with E-state index in [-0.39, 0.29) is 0 Å². The van der Waals surface area contributed by atoms with Gasteiger partial charge in [-0.15, -0.1) is 0 Å². The Balaban J connectivity index is 3.07. The summed E-state index contributed by atoms with van der Waals surface area (Å²) in [7, 11) is 0. The van der Waals surface area contributed by atoms with Crippen LogP contribution in [-0.2, 0) is 4.74 Å². The minimum Gasteiger partial charge on any atom is -0.353 e. The molecule has 0 aromatic heterocycles. The summed E-state index contributed by atoms with van der Waals surface area (Å²) in [6, 6.07) is 0. The molecule has 0 bridgehead atoms. The molecule has 19 heavy (non-hydrogen) atoms. The maximum atomic E-state index is 9.43. The molecule has 0 aliphatic carbocycles. The van der Waals surface area contributed by atoms with Crippen molar-refractivity contribution >= 4 is 11.6 Å². The highest BCUT2D eigenvalue weighted by Crippen LogP contribution is 2.18. The highest BCUT2D eigenvalue weighted by atomic mass is 35.5. The van der Waals surface area contributed by atoms with E-state index in [2.05, 4.69) is 6.92 Å². The number of aliphatic hydroxyl groups is 1. The monoisotopic (exact) mass is 292 g/mol. The molecule has 3 heteroatoms. The van der Waals surface area contributed by atoms with Gasteiger partial charge in [-0.05, 0) is 6.42 Å². The standard InChI is InChI=1S/C16H33ClO2/c1-3-5-6-7-8-9-10-11-12-13-14-15-19-16(17,18)4-2/h18H,3-15H2,1-2H3. The lowest BCUT2D eigenvalue weighted by Gasteiger charge is -2.18. The first-order valence-corrected chi connectivity index (χ1v) is 8.55. The van der Waals surface area contributed by atoms with Gasteiger partial charge in [-0.2, -0.15) is 0 Å². The third-order valence-electron chi connectivity index (χ3n) is 3.51. The number of halogens is 1. The normalized spacial score (nSPS) is 14.5. The second kappa shape index (κ2) is 13.2. The summed E-state index contributed by atoms with van der Waals surface area (Å²) in [5.74, 6) is 0. The minimum atomic E-state index is -1.45. The fourth-order valence-corrected chi connectivity index (χ4v) is 2.17. The maximum Gasteiger partial charge on any atom is 0.245 e. The van der Waals surface area contributed by atoms with Gasteiger partial charge in [0.1, 0.15) is 0 Å². The van der Waals surface area contributed by atoms with E-state index in [9.17, 15) is 5.11 Å². The second-order valence-electron chi connectivity index (χ2n) is 5.43. The van der Waals surface area contributed by atoms with E-state index >= 15 is 0 Å². The molecule has 1 N–H and O–H groups in total. The van der Waals surface area contributed by atoms with Crippen LogP contribution in [0.2, 0.25) is 0 Å². The van der Waals surface area contributed by atoms with Crippen molar-refractivity contribution in [3.05, 3.63) is 0 Å². The molecule has 0 radical (unpaired) electrons. The van der Waals surface area contributed by atoms with Gasteiger partial charge in [0.25, 0.3) is 0 Å². The fourth-order valence-electron chi connectivity index (χ4n) is 2.10. The molecule has 0 saturated carbocycles. The van der Waals surface area contributed by atoms with Crippen molar-refractivity contribution < 1.29 is 9.84 Å². The van der Waals surface area contributed by atoms with Crippen LogP contribution in [0.5, 0.6) is 0 Å². The number of unbranched alkanes of at least 4 members (excludes halogenated alkanes) is 10. The van der Waals surface area contributed by atoms with Crippen LogP contribution >= 0.6 is 11.6 Å². The van der Waals surface area contributed by atoms with Crippen molar-refractivity contribution in [2.45, 2.75) is 96.1 Å². The van der Waals surface area contributed by atoms with Gasteiger partial charge in [0.2, 0.25) is 5.25 Å². The molecule has 116 valence electrons. The summed E-state index contributed by atoms with van der Waals surface area (Å²) in [5, 5.41) is 7.98. The van der Waals surface area contributed by atoms with Crippen LogP contribution in [0.4, 0.5) is 0 Å². The van der Waals surface area contributed by atoms with Gasteiger partial charge < -0.3 is 9.84 Å². The van der Waals surface area contributed by atoms with E-state index in [1.54, 1.807) is 0 Å². The molecule has 1 unspecified atom stereocenters. The Bertz CT molecular complexity index is 184. The summed E-state index contributed by atoms with van der Waals surface area (Å²) >= 11 is 5.69. The minimum absolute atomic E-state index is 0.423. The lowest BCUT2D eigenvalue weighted by atomic mass is 10.1. The lowest BCUT2D eigenvalue weighted by Crippen LogP contribution is -2.24. The number of rotatable bonds is 14. The molecule has 0 fully saturated rings. The van der Waals surface area contributed by atoms with Crippen LogP contribution in [-0.4, -0.2) is 17.0 Å². The third-order valence-corrected chi connectivity index (χ3v) is 3.88. The molecule has 0 aromatic rings. The average Bonchev–Trinajstić information content (AvgIpc) is 2.40. The number of hydrogen-bond donors (Lipinski definition) is 1. The summed E-state index contributed by atoms with van der Waals surface area (Å²) in [5.41, 5.74) is 0. The molecular formula is C16H33ClO2. The highest BCUT2D eigenvalue weighted by molar-refractivity contribution is 6.21. The Hall–Kier alpha value is 0.210. The van der Waals surface area contributed by atoms with Crippen LogP contribution in [0.1, 0.15) is 90.9 Å². The quantitative estimate of drug-likeness (QED) is 0.256. The summed E-state index contributed by atoms with van der Waals surface area (Å²) < 4.78 is 5.18. The van der Waals surface area contributed by atoms with Gasteiger partial charge >= 0.3 is 0 Å². The van der Waals surface area contributed by atoms with Crippen LogP contribution in [0.15, 0.2) is 0 Å². The lowest BCUT2D eigenvalue weighted by molar-refractivity contribution is -0.139. The predicted molar refractivity (Wildman–Crippen MR) is 83.5 cm³/mol. The molecule has 0 rings (SSSR count). The van der Waals surface area contributed by atoms with Gasteiger partial charge in [-0.25, -0.2) is 0 Å². The Morgan fingerprint density at radius 2 is 1.21 bits per heavy atom. The van der Waals surface area contributed by atoms with Gasteiger partial charge in [0, 0.05) is 6.42 Å². The van der Waals surface area contributed by atoms with E-state index in [1.807, 2.05) is 6.92 Å². The number of alkyl halides is 1. The van der Waals surface area contributed by atoms with Crippen molar-refractivity contribution in [3.63, 3.8) is 0 Å². The smallest absolute Gasteiger partial charge is 0.245 e. The fraction of sp³-hybridized carbons (Fsp3) is 1.00. The Labute approximate surface area is 124 Å². The van der Waals surface area contributed by atoms with E-state index in [1.165, 1.54) is 64.2 Å². The van der Waals surface area contributed by atoms with Crippen molar-refractivity contribution in [1.82, 2.24) is 0 Å². The molecule has 1 atom stereocenters. The van der Waals surface area contributed by atoms with Crippen LogP contribution < -0.4 is 0 Å². The molecule has 0 saturated heterocycles. The van der Waals surface area contributed by atoms with Crippen LogP contribution in [0.25, 0.3) is 0 Å². The average molecular weight is 293 g/mol. The molecular weight excluding hydrogens is 260 g/mol. The van der Waals surface area contributed by atoms with Crippen molar-refractivity contribution in [1.29, 1.82) is 0 Å². The van der Waals surface area contributed by atoms with E-state index in [0.717, 1.165) is 6.42 Å². The Kier molecular flexibility index (Phi) is 13.4. The van der Waals surface area contributed by atoms with Gasteiger partial charge in [0.05, 0.1) is 6.61 Å². The summed E-state index contributed by atoms with van der Waals surface area (Å²) in [4.78, 5) is 0. The molecule has 0 amide bonds. The maximum absolute atomic E-state index is 9.43. The SMILES string of the molecule is CCCCCCCCCCCCCOC(O)(Cl)CC. The van der Waals surface area contributed by atoms with Crippen molar-refractivity contribution in [2.75, 3.05) is 6.61 Å². The zero-order valence-electron chi connectivity index (χ0n) is 12.9. The van der Waals surface area contributed by atoms with Gasteiger partial charge in [0.15, 0.2) is 0 Å². The molecule has 0 aliphatic heterocycles.